The molecule has 1 fully saturated rings. The van der Waals surface area contributed by atoms with Crippen LogP contribution in [0.25, 0.3) is 5.69 Å². The third-order valence-corrected chi connectivity index (χ3v) is 4.35. The normalized spacial score (nSPS) is 13.4. The van der Waals surface area contributed by atoms with E-state index in [1.807, 2.05) is 18.2 Å². The molecule has 0 aliphatic heterocycles. The van der Waals surface area contributed by atoms with E-state index in [4.69, 9.17) is 10.8 Å². The highest BCUT2D eigenvalue weighted by atomic mass is 16.4. The highest BCUT2D eigenvalue weighted by Gasteiger charge is 2.14. The van der Waals surface area contributed by atoms with E-state index < -0.39 is 5.97 Å². The molecule has 0 amide bonds. The lowest BCUT2D eigenvalue weighted by Crippen LogP contribution is -2.17. The summed E-state index contributed by atoms with van der Waals surface area (Å²) in [5.41, 5.74) is 5.59. The number of nitrogens with zero attached hydrogens (tertiary/aromatic N) is 5. The quantitative estimate of drug-likeness (QED) is 0.600. The number of rotatable bonds is 4. The Bertz CT molecular complexity index is 997. The molecule has 0 radical (unpaired) electrons. The zero-order valence-corrected chi connectivity index (χ0v) is 15.6. The zero-order chi connectivity index (χ0) is 20.6. The number of nitrogens with one attached hydrogen (secondary N) is 1. The van der Waals surface area contributed by atoms with Gasteiger partial charge in [0, 0.05) is 18.3 Å². The fourth-order valence-electron chi connectivity index (χ4n) is 2.92. The first-order valence-corrected chi connectivity index (χ1v) is 9.12. The topological polar surface area (TPSA) is 149 Å². The lowest BCUT2D eigenvalue weighted by molar-refractivity contribution is 0.0688. The van der Waals surface area contributed by atoms with Crippen LogP contribution in [0.1, 0.15) is 36.2 Å². The molecule has 1 saturated carbocycles. The average Bonchev–Trinajstić information content (AvgIpc) is 3.23. The number of nitrogen functional groups attached to an aromatic ring is 1. The number of carbonyl (C=O) groups is 1. The van der Waals surface area contributed by atoms with Gasteiger partial charge in [0.2, 0.25) is 5.95 Å². The summed E-state index contributed by atoms with van der Waals surface area (Å²) < 4.78 is 1.59. The summed E-state index contributed by atoms with van der Waals surface area (Å²) in [5.74, 6) is -0.315. The van der Waals surface area contributed by atoms with Gasteiger partial charge >= 0.3 is 5.97 Å². The van der Waals surface area contributed by atoms with Gasteiger partial charge in [-0.25, -0.2) is 14.8 Å². The van der Waals surface area contributed by atoms with Gasteiger partial charge < -0.3 is 16.2 Å². The number of anilines is 2. The second kappa shape index (κ2) is 9.40. The molecule has 1 aliphatic carbocycles. The summed E-state index contributed by atoms with van der Waals surface area (Å²) in [6.45, 7) is 0. The zero-order valence-electron chi connectivity index (χ0n) is 15.6. The maximum Gasteiger partial charge on any atom is 0.358 e. The van der Waals surface area contributed by atoms with Gasteiger partial charge in [-0.1, -0.05) is 18.9 Å². The smallest absolute Gasteiger partial charge is 0.358 e. The fraction of sp³-hybridized carbons (Fsp3) is 0.263. The van der Waals surface area contributed by atoms with Gasteiger partial charge in [0.25, 0.3) is 5.56 Å². The van der Waals surface area contributed by atoms with Crippen LogP contribution in [0.4, 0.5) is 11.8 Å². The van der Waals surface area contributed by atoms with Crippen LogP contribution < -0.4 is 16.6 Å². The van der Waals surface area contributed by atoms with E-state index in [0.29, 0.717) is 6.04 Å². The van der Waals surface area contributed by atoms with E-state index in [1.54, 1.807) is 29.1 Å². The number of hydrogen-bond donors (Lipinski definition) is 3. The van der Waals surface area contributed by atoms with E-state index in [-0.39, 0.29) is 17.2 Å². The molecule has 0 saturated heterocycles. The summed E-state index contributed by atoms with van der Waals surface area (Å²) in [4.78, 5) is 29.6. The Balaban J connectivity index is 0.000000204. The van der Waals surface area contributed by atoms with Crippen LogP contribution in [0.5, 0.6) is 0 Å². The monoisotopic (exact) mass is 395 g/mol. The molecule has 0 unspecified atom stereocenters. The van der Waals surface area contributed by atoms with Crippen LogP contribution in [-0.4, -0.2) is 41.9 Å². The van der Waals surface area contributed by atoms with Gasteiger partial charge in [-0.15, -0.1) is 10.2 Å². The predicted molar refractivity (Wildman–Crippen MR) is 107 cm³/mol. The molecule has 3 aromatic rings. The molecule has 0 aromatic carbocycles. The lowest BCUT2D eigenvalue weighted by atomic mass is 10.2. The highest BCUT2D eigenvalue weighted by molar-refractivity contribution is 5.84. The summed E-state index contributed by atoms with van der Waals surface area (Å²) >= 11 is 0. The summed E-state index contributed by atoms with van der Waals surface area (Å²) in [7, 11) is 0. The Morgan fingerprint density at radius 1 is 1.10 bits per heavy atom. The van der Waals surface area contributed by atoms with Crippen LogP contribution in [0.15, 0.2) is 53.7 Å². The minimum Gasteiger partial charge on any atom is -0.476 e. The fourth-order valence-corrected chi connectivity index (χ4v) is 2.92. The van der Waals surface area contributed by atoms with Crippen molar-refractivity contribution in [2.45, 2.75) is 31.7 Å². The second-order valence-corrected chi connectivity index (χ2v) is 6.44. The Labute approximate surface area is 166 Å². The lowest BCUT2D eigenvalue weighted by Gasteiger charge is -2.13. The minimum absolute atomic E-state index is 0.0370. The van der Waals surface area contributed by atoms with Crippen LogP contribution in [0.2, 0.25) is 0 Å². The van der Waals surface area contributed by atoms with Crippen LogP contribution >= 0.6 is 0 Å². The van der Waals surface area contributed by atoms with Crippen molar-refractivity contribution in [1.29, 1.82) is 0 Å². The molecule has 0 spiro atoms. The van der Waals surface area contributed by atoms with E-state index in [9.17, 15) is 9.59 Å². The highest BCUT2D eigenvalue weighted by Crippen LogP contribution is 2.21. The Morgan fingerprint density at radius 2 is 1.90 bits per heavy atom. The first-order valence-electron chi connectivity index (χ1n) is 9.12. The van der Waals surface area contributed by atoms with Crippen molar-refractivity contribution in [3.63, 3.8) is 0 Å². The van der Waals surface area contributed by atoms with E-state index in [0.717, 1.165) is 17.7 Å². The van der Waals surface area contributed by atoms with Crippen LogP contribution in [-0.2, 0) is 0 Å². The largest absolute Gasteiger partial charge is 0.476 e. The predicted octanol–water partition coefficient (Wildman–Crippen LogP) is 1.74. The summed E-state index contributed by atoms with van der Waals surface area (Å²) in [6.07, 6.45) is 9.58. The molecule has 0 atom stereocenters. The molecule has 3 aromatic heterocycles. The van der Waals surface area contributed by atoms with E-state index in [1.165, 1.54) is 25.7 Å². The third-order valence-electron chi connectivity index (χ3n) is 4.35. The maximum atomic E-state index is 11.7. The molecule has 1 aliphatic rings. The molecule has 4 N–H and O–H groups in total. The van der Waals surface area contributed by atoms with Crippen molar-refractivity contribution >= 4 is 17.7 Å². The number of pyridine rings is 2. The van der Waals surface area contributed by atoms with Crippen molar-refractivity contribution in [1.82, 2.24) is 24.7 Å². The standard InChI is InChI=1S/C15H17N3O.C4H4N4O2/c19-15-7-3-4-10-18(15)13-8-9-14(16-11-13)17-12-5-1-2-6-12;5-4-6-1-2(3(9)10)7-8-4/h3-4,7-12H,1-2,5-6H2,(H,16,17);1H,(H,9,10)(H2,5,6,8). The summed E-state index contributed by atoms with van der Waals surface area (Å²) in [6, 6.07) is 9.54. The number of carboxylic acids is 1. The minimum atomic E-state index is -1.17. The molecular weight excluding hydrogens is 374 g/mol. The average molecular weight is 395 g/mol. The molecular formula is C19H21N7O3. The van der Waals surface area contributed by atoms with Crippen molar-refractivity contribution < 1.29 is 9.90 Å². The Hall–Kier alpha value is -3.82. The molecule has 3 heterocycles. The number of nitrogens with two attached hydrogens (primary N) is 1. The van der Waals surface area contributed by atoms with Crippen LogP contribution in [0.3, 0.4) is 0 Å². The second-order valence-electron chi connectivity index (χ2n) is 6.44. The van der Waals surface area contributed by atoms with Gasteiger partial charge in [-0.3, -0.25) is 9.36 Å². The van der Waals surface area contributed by atoms with Crippen molar-refractivity contribution in [2.24, 2.45) is 0 Å². The molecule has 150 valence electrons. The van der Waals surface area contributed by atoms with E-state index in [2.05, 4.69) is 25.5 Å². The molecule has 29 heavy (non-hydrogen) atoms. The first-order chi connectivity index (χ1) is 14.0. The van der Waals surface area contributed by atoms with Gasteiger partial charge in [0.15, 0.2) is 5.69 Å². The first kappa shape index (κ1) is 19.9. The molecule has 4 rings (SSSR count). The number of aromatic carboxylic acids is 1. The molecule has 0 bridgehead atoms. The van der Waals surface area contributed by atoms with Gasteiger partial charge in [-0.05, 0) is 31.0 Å². The van der Waals surface area contributed by atoms with Gasteiger partial charge in [0.1, 0.15) is 5.82 Å². The Morgan fingerprint density at radius 3 is 2.48 bits per heavy atom. The number of hydrogen-bond acceptors (Lipinski definition) is 8. The molecule has 10 heteroatoms. The van der Waals surface area contributed by atoms with Crippen molar-refractivity contribution in [3.8, 4) is 5.69 Å². The van der Waals surface area contributed by atoms with E-state index >= 15 is 0 Å². The van der Waals surface area contributed by atoms with Gasteiger partial charge in [0.05, 0.1) is 18.1 Å². The third kappa shape index (κ3) is 5.58. The van der Waals surface area contributed by atoms with Gasteiger partial charge in [-0.2, -0.15) is 0 Å². The SMILES string of the molecule is Nc1ncc(C(=O)O)nn1.O=c1ccccn1-c1ccc(NC2CCCC2)nc1. The van der Waals surface area contributed by atoms with Crippen molar-refractivity contribution in [3.05, 3.63) is 65.0 Å². The summed E-state index contributed by atoms with van der Waals surface area (Å²) in [5, 5.41) is 18.2. The van der Waals surface area contributed by atoms with Crippen LogP contribution in [0, 0.1) is 0 Å². The Kier molecular flexibility index (Phi) is 6.46. The number of carboxylic acid groups (broad SMARTS) is 1. The maximum absolute atomic E-state index is 11.7. The molecule has 10 nitrogen and oxygen atoms in total. The van der Waals surface area contributed by atoms with Crippen molar-refractivity contribution in [2.75, 3.05) is 11.1 Å². The number of aromatic nitrogens is 5.